The number of carboxylic acid groups (broad SMARTS) is 1. The molecule has 0 aromatic heterocycles. The van der Waals surface area contributed by atoms with E-state index in [2.05, 4.69) is 24.5 Å². The Labute approximate surface area is 191 Å². The van der Waals surface area contributed by atoms with Crippen LogP contribution in [-0.4, -0.2) is 45.4 Å². The second kappa shape index (κ2) is 19.7. The Morgan fingerprint density at radius 1 is 0.938 bits per heavy atom. The zero-order valence-corrected chi connectivity index (χ0v) is 19.1. The molecule has 8 heteroatoms. The quantitative estimate of drug-likeness (QED) is 0.284. The van der Waals surface area contributed by atoms with Gasteiger partial charge in [-0.2, -0.15) is 0 Å². The van der Waals surface area contributed by atoms with Crippen molar-refractivity contribution < 1.29 is 30.0 Å². The molecule has 0 heterocycles. The number of amides is 1. The zero-order valence-electron chi connectivity index (χ0n) is 19.1. The Hall–Kier alpha value is -3.26. The number of aliphatic carboxylic acids is 1. The molecular weight excluding hydrogens is 412 g/mol. The number of rotatable bonds is 5. The van der Waals surface area contributed by atoms with Gasteiger partial charge in [-0.05, 0) is 55.4 Å². The van der Waals surface area contributed by atoms with Gasteiger partial charge < -0.3 is 31.1 Å². The summed E-state index contributed by atoms with van der Waals surface area (Å²) in [4.78, 5) is 21.2. The molecule has 0 spiro atoms. The maximum Gasteiger partial charge on any atom is 0.321 e. The summed E-state index contributed by atoms with van der Waals surface area (Å²) in [5, 5.41) is 41.2. The van der Waals surface area contributed by atoms with E-state index < -0.39 is 12.0 Å². The number of carbonyl (C=O) groups is 2. The molecular formula is C24H40N2O6. The highest BCUT2D eigenvalue weighted by Crippen LogP contribution is 2.25. The standard InChI is InChI=1S/C10H13NO4.C8H9NO2.C3H8.C2H6.CH4/c1-11-7(10(14)15)4-6-2-3-8(12)9(13)5-6;1-6(10)9-7-2-4-8(11)5-3-7;1-3-2;1-2;/h2-3,5,7,11-13H,4H2,1H3,(H,14,15);2-5,11H,1H3,(H,9,10);3H2,1-2H3;1-2H3;1H4/t7-;;;;/m0..../s1. The number of nitrogens with one attached hydrogen (secondary N) is 2. The van der Waals surface area contributed by atoms with Gasteiger partial charge in [0.25, 0.3) is 0 Å². The summed E-state index contributed by atoms with van der Waals surface area (Å²) >= 11 is 0. The van der Waals surface area contributed by atoms with Gasteiger partial charge in [-0.15, -0.1) is 0 Å². The monoisotopic (exact) mass is 452 g/mol. The van der Waals surface area contributed by atoms with Gasteiger partial charge in [-0.3, -0.25) is 9.59 Å². The van der Waals surface area contributed by atoms with Crippen molar-refractivity contribution in [3.63, 3.8) is 0 Å². The molecule has 0 fully saturated rings. The molecule has 0 unspecified atom stereocenters. The van der Waals surface area contributed by atoms with Crippen molar-refractivity contribution in [2.75, 3.05) is 12.4 Å². The summed E-state index contributed by atoms with van der Waals surface area (Å²) in [6, 6.07) is 9.86. The van der Waals surface area contributed by atoms with Crippen LogP contribution in [0.25, 0.3) is 0 Å². The fraction of sp³-hybridized carbons (Fsp3) is 0.417. The normalized spacial score (nSPS) is 9.69. The molecule has 0 saturated carbocycles. The van der Waals surface area contributed by atoms with Crippen LogP contribution >= 0.6 is 0 Å². The number of carboxylic acids is 1. The molecule has 1 amide bonds. The van der Waals surface area contributed by atoms with E-state index in [9.17, 15) is 14.7 Å². The van der Waals surface area contributed by atoms with Gasteiger partial charge in [0, 0.05) is 12.6 Å². The van der Waals surface area contributed by atoms with Crippen molar-refractivity contribution in [3.05, 3.63) is 48.0 Å². The molecule has 8 nitrogen and oxygen atoms in total. The first-order valence-electron chi connectivity index (χ1n) is 10.1. The largest absolute Gasteiger partial charge is 0.508 e. The van der Waals surface area contributed by atoms with Crippen molar-refractivity contribution in [1.82, 2.24) is 5.32 Å². The second-order valence-electron chi connectivity index (χ2n) is 6.14. The van der Waals surface area contributed by atoms with Gasteiger partial charge >= 0.3 is 5.97 Å². The van der Waals surface area contributed by atoms with Crippen molar-refractivity contribution in [2.45, 2.75) is 60.9 Å². The Kier molecular flexibility index (Phi) is 20.5. The SMILES string of the molecule is C.CC.CC(=O)Nc1ccc(O)cc1.CCC.CN[C@@H](Cc1ccc(O)c(O)c1)C(=O)O. The van der Waals surface area contributed by atoms with Crippen LogP contribution in [-0.2, 0) is 16.0 Å². The van der Waals surface area contributed by atoms with Gasteiger partial charge in [0.2, 0.25) is 5.91 Å². The highest BCUT2D eigenvalue weighted by atomic mass is 16.4. The van der Waals surface area contributed by atoms with Crippen LogP contribution in [0.15, 0.2) is 42.5 Å². The molecule has 6 N–H and O–H groups in total. The number of phenolic OH excluding ortho intramolecular Hbond substituents is 3. The van der Waals surface area contributed by atoms with Crippen LogP contribution in [0, 0.1) is 0 Å². The fourth-order valence-corrected chi connectivity index (χ4v) is 1.99. The lowest BCUT2D eigenvalue weighted by Crippen LogP contribution is -2.35. The molecule has 32 heavy (non-hydrogen) atoms. The zero-order chi connectivity index (χ0) is 24.4. The molecule has 0 radical (unpaired) electrons. The molecule has 0 saturated heterocycles. The molecule has 0 bridgehead atoms. The number of phenols is 3. The topological polar surface area (TPSA) is 139 Å². The van der Waals surface area contributed by atoms with E-state index in [-0.39, 0.29) is 37.0 Å². The van der Waals surface area contributed by atoms with Crippen molar-refractivity contribution in [1.29, 1.82) is 0 Å². The molecule has 2 aromatic carbocycles. The number of hydrogen-bond donors (Lipinski definition) is 6. The number of benzene rings is 2. The third-order valence-electron chi connectivity index (χ3n) is 3.31. The van der Waals surface area contributed by atoms with E-state index in [4.69, 9.17) is 15.3 Å². The highest BCUT2D eigenvalue weighted by molar-refractivity contribution is 5.88. The van der Waals surface area contributed by atoms with Gasteiger partial charge in [0.05, 0.1) is 0 Å². The lowest BCUT2D eigenvalue weighted by molar-refractivity contribution is -0.139. The van der Waals surface area contributed by atoms with E-state index in [0.29, 0.717) is 11.3 Å². The summed E-state index contributed by atoms with van der Waals surface area (Å²) in [5.74, 6) is -1.33. The average molecular weight is 453 g/mol. The minimum atomic E-state index is -0.954. The second-order valence-corrected chi connectivity index (χ2v) is 6.14. The van der Waals surface area contributed by atoms with E-state index in [1.807, 2.05) is 13.8 Å². The number of carbonyl (C=O) groups excluding carboxylic acids is 1. The first kappa shape index (κ1) is 33.4. The average Bonchev–Trinajstić information content (AvgIpc) is 2.72. The first-order chi connectivity index (χ1) is 14.6. The Bertz CT molecular complexity index is 764. The molecule has 0 aliphatic rings. The Balaban J connectivity index is -0.000000437. The number of hydrogen-bond acceptors (Lipinski definition) is 6. The summed E-state index contributed by atoms with van der Waals surface area (Å²) in [5.41, 5.74) is 1.34. The maximum absolute atomic E-state index is 10.7. The predicted molar refractivity (Wildman–Crippen MR) is 130 cm³/mol. The minimum Gasteiger partial charge on any atom is -0.508 e. The Morgan fingerprint density at radius 3 is 1.81 bits per heavy atom. The van der Waals surface area contributed by atoms with Crippen LogP contribution < -0.4 is 10.6 Å². The lowest BCUT2D eigenvalue weighted by Gasteiger charge is -2.11. The van der Waals surface area contributed by atoms with Crippen molar-refractivity contribution >= 4 is 17.6 Å². The highest BCUT2D eigenvalue weighted by Gasteiger charge is 2.15. The molecule has 0 aliphatic heterocycles. The molecule has 0 aliphatic carbocycles. The third-order valence-corrected chi connectivity index (χ3v) is 3.31. The van der Waals surface area contributed by atoms with Crippen molar-refractivity contribution in [2.24, 2.45) is 0 Å². The van der Waals surface area contributed by atoms with Gasteiger partial charge in [0.1, 0.15) is 11.8 Å². The van der Waals surface area contributed by atoms with Crippen LogP contribution in [0.3, 0.4) is 0 Å². The predicted octanol–water partition coefficient (Wildman–Crippen LogP) is 4.74. The third kappa shape index (κ3) is 15.6. The van der Waals surface area contributed by atoms with E-state index >= 15 is 0 Å². The van der Waals surface area contributed by atoms with Gasteiger partial charge in [-0.1, -0.05) is 47.6 Å². The first-order valence-corrected chi connectivity index (χ1v) is 10.1. The summed E-state index contributed by atoms with van der Waals surface area (Å²) in [7, 11) is 1.55. The summed E-state index contributed by atoms with van der Waals surface area (Å²) in [6.45, 7) is 9.69. The van der Waals surface area contributed by atoms with Crippen LogP contribution in [0.4, 0.5) is 5.69 Å². The smallest absolute Gasteiger partial charge is 0.321 e. The number of likely N-dealkylation sites (N-methyl/N-ethyl adjacent to an activating group) is 1. The van der Waals surface area contributed by atoms with Crippen LogP contribution in [0.2, 0.25) is 0 Å². The maximum atomic E-state index is 10.7. The van der Waals surface area contributed by atoms with Crippen molar-refractivity contribution in [3.8, 4) is 17.2 Å². The molecule has 182 valence electrons. The van der Waals surface area contributed by atoms with Gasteiger partial charge in [-0.25, -0.2) is 0 Å². The van der Waals surface area contributed by atoms with E-state index in [1.165, 1.54) is 37.6 Å². The molecule has 2 rings (SSSR count). The minimum absolute atomic E-state index is 0. The van der Waals surface area contributed by atoms with E-state index in [1.54, 1.807) is 25.2 Å². The fourth-order valence-electron chi connectivity index (χ4n) is 1.99. The molecule has 2 aromatic rings. The summed E-state index contributed by atoms with van der Waals surface area (Å²) in [6.07, 6.45) is 1.50. The summed E-state index contributed by atoms with van der Waals surface area (Å²) < 4.78 is 0. The number of anilines is 1. The van der Waals surface area contributed by atoms with E-state index in [0.717, 1.165) is 0 Å². The van der Waals surface area contributed by atoms with Crippen LogP contribution in [0.5, 0.6) is 17.2 Å². The molecule has 1 atom stereocenters. The van der Waals surface area contributed by atoms with Gasteiger partial charge in [0.15, 0.2) is 11.5 Å². The Morgan fingerprint density at radius 2 is 1.44 bits per heavy atom. The lowest BCUT2D eigenvalue weighted by atomic mass is 10.1. The number of aromatic hydroxyl groups is 3. The van der Waals surface area contributed by atoms with Crippen LogP contribution in [0.1, 0.15) is 54.0 Å².